The van der Waals surface area contributed by atoms with Crippen LogP contribution in [-0.4, -0.2) is 43.4 Å². The molecular formula is C14H22N2O2S. The minimum Gasteiger partial charge on any atom is -0.465 e. The summed E-state index contributed by atoms with van der Waals surface area (Å²) in [5, 5.41) is 0. The van der Waals surface area contributed by atoms with Crippen LogP contribution in [-0.2, 0) is 4.74 Å². The molecule has 0 unspecified atom stereocenters. The van der Waals surface area contributed by atoms with E-state index in [0.29, 0.717) is 11.3 Å². The highest BCUT2D eigenvalue weighted by molar-refractivity contribution is 7.99. The Hall–Kier alpha value is -1.20. The van der Waals surface area contributed by atoms with E-state index in [2.05, 4.69) is 18.7 Å². The van der Waals surface area contributed by atoms with Gasteiger partial charge < -0.3 is 15.4 Å². The van der Waals surface area contributed by atoms with Gasteiger partial charge in [0.15, 0.2) is 0 Å². The number of methoxy groups -OCH3 is 1. The molecule has 1 aromatic carbocycles. The van der Waals surface area contributed by atoms with Crippen LogP contribution in [0.4, 0.5) is 5.69 Å². The summed E-state index contributed by atoms with van der Waals surface area (Å²) in [6.07, 6.45) is 0. The van der Waals surface area contributed by atoms with Gasteiger partial charge in [-0.25, -0.2) is 4.79 Å². The monoisotopic (exact) mass is 282 g/mol. The molecule has 1 rings (SSSR count). The second-order valence-corrected chi connectivity index (χ2v) is 5.22. The Morgan fingerprint density at radius 1 is 1.37 bits per heavy atom. The predicted molar refractivity (Wildman–Crippen MR) is 80.7 cm³/mol. The van der Waals surface area contributed by atoms with Crippen molar-refractivity contribution in [2.24, 2.45) is 0 Å². The number of benzene rings is 1. The van der Waals surface area contributed by atoms with Crippen LogP contribution in [0.15, 0.2) is 23.1 Å². The zero-order valence-electron chi connectivity index (χ0n) is 11.8. The lowest BCUT2D eigenvalue weighted by Gasteiger charge is -2.17. The summed E-state index contributed by atoms with van der Waals surface area (Å²) >= 11 is 1.67. The maximum absolute atomic E-state index is 11.5. The van der Waals surface area contributed by atoms with Gasteiger partial charge in [-0.3, -0.25) is 0 Å². The topological polar surface area (TPSA) is 55.6 Å². The third-order valence-electron chi connectivity index (χ3n) is 3.03. The summed E-state index contributed by atoms with van der Waals surface area (Å²) in [5.74, 6) is 0.569. The Balaban J connectivity index is 2.66. The Morgan fingerprint density at radius 2 is 2.05 bits per heavy atom. The van der Waals surface area contributed by atoms with Gasteiger partial charge in [-0.05, 0) is 25.2 Å². The van der Waals surface area contributed by atoms with Crippen molar-refractivity contribution < 1.29 is 9.53 Å². The molecule has 106 valence electrons. The zero-order chi connectivity index (χ0) is 14.3. The number of nitrogen functional groups attached to an aromatic ring is 1. The molecule has 0 fully saturated rings. The van der Waals surface area contributed by atoms with E-state index in [0.717, 1.165) is 30.3 Å². The SMILES string of the molecule is CCN(CC)CCSc1cccc(C(=O)OC)c1N. The average Bonchev–Trinajstić information content (AvgIpc) is 2.44. The Morgan fingerprint density at radius 3 is 2.63 bits per heavy atom. The lowest BCUT2D eigenvalue weighted by molar-refractivity contribution is 0.0601. The predicted octanol–water partition coefficient (Wildman–Crippen LogP) is 2.49. The minimum absolute atomic E-state index is 0.385. The van der Waals surface area contributed by atoms with Crippen molar-refractivity contribution in [1.29, 1.82) is 0 Å². The maximum atomic E-state index is 11.5. The number of para-hydroxylation sites is 1. The van der Waals surface area contributed by atoms with Crippen LogP contribution in [0.5, 0.6) is 0 Å². The van der Waals surface area contributed by atoms with Crippen LogP contribution in [0.2, 0.25) is 0 Å². The average molecular weight is 282 g/mol. The minimum atomic E-state index is -0.385. The summed E-state index contributed by atoms with van der Waals surface area (Å²) in [6.45, 7) is 7.42. The van der Waals surface area contributed by atoms with Crippen LogP contribution in [0.3, 0.4) is 0 Å². The van der Waals surface area contributed by atoms with Crippen molar-refractivity contribution in [3.8, 4) is 0 Å². The van der Waals surface area contributed by atoms with E-state index in [1.54, 1.807) is 17.8 Å². The zero-order valence-corrected chi connectivity index (χ0v) is 12.6. The number of nitrogens with two attached hydrogens (primary N) is 1. The summed E-state index contributed by atoms with van der Waals surface area (Å²) < 4.78 is 4.71. The molecule has 2 N–H and O–H groups in total. The molecule has 0 amide bonds. The van der Waals surface area contributed by atoms with Gasteiger partial charge in [0.1, 0.15) is 0 Å². The summed E-state index contributed by atoms with van der Waals surface area (Å²) in [7, 11) is 1.36. The number of hydrogen-bond acceptors (Lipinski definition) is 5. The molecule has 4 nitrogen and oxygen atoms in total. The molecule has 0 aliphatic heterocycles. The molecule has 0 heterocycles. The highest BCUT2D eigenvalue weighted by Crippen LogP contribution is 2.28. The number of hydrogen-bond donors (Lipinski definition) is 1. The number of carbonyl (C=O) groups is 1. The second-order valence-electron chi connectivity index (χ2n) is 4.08. The third kappa shape index (κ3) is 4.44. The van der Waals surface area contributed by atoms with Crippen LogP contribution in [0, 0.1) is 0 Å². The van der Waals surface area contributed by atoms with Crippen molar-refractivity contribution >= 4 is 23.4 Å². The fourth-order valence-electron chi connectivity index (χ4n) is 1.78. The van der Waals surface area contributed by atoms with E-state index in [1.807, 2.05) is 12.1 Å². The summed E-state index contributed by atoms with van der Waals surface area (Å²) in [6, 6.07) is 5.46. The van der Waals surface area contributed by atoms with Gasteiger partial charge in [-0.2, -0.15) is 0 Å². The van der Waals surface area contributed by atoms with Crippen LogP contribution >= 0.6 is 11.8 Å². The first-order valence-electron chi connectivity index (χ1n) is 6.45. The second kappa shape index (κ2) is 8.07. The lowest BCUT2D eigenvalue weighted by Crippen LogP contribution is -2.25. The largest absolute Gasteiger partial charge is 0.465 e. The van der Waals surface area contributed by atoms with E-state index >= 15 is 0 Å². The molecule has 0 aliphatic carbocycles. The fourth-order valence-corrected chi connectivity index (χ4v) is 2.79. The van der Waals surface area contributed by atoms with Crippen molar-refractivity contribution in [2.75, 3.05) is 38.2 Å². The molecule has 0 saturated carbocycles. The van der Waals surface area contributed by atoms with Crippen LogP contribution in [0.1, 0.15) is 24.2 Å². The summed E-state index contributed by atoms with van der Waals surface area (Å²) in [4.78, 5) is 14.8. The number of anilines is 1. The molecule has 19 heavy (non-hydrogen) atoms. The number of esters is 1. The highest BCUT2D eigenvalue weighted by Gasteiger charge is 2.12. The van der Waals surface area contributed by atoms with E-state index in [-0.39, 0.29) is 5.97 Å². The first-order valence-corrected chi connectivity index (χ1v) is 7.44. The summed E-state index contributed by atoms with van der Waals surface area (Å²) in [5.41, 5.74) is 6.96. The smallest absolute Gasteiger partial charge is 0.339 e. The normalized spacial score (nSPS) is 10.7. The van der Waals surface area contributed by atoms with Crippen molar-refractivity contribution in [1.82, 2.24) is 4.90 Å². The molecule has 1 aromatic rings. The number of ether oxygens (including phenoxy) is 1. The number of carbonyl (C=O) groups excluding carboxylic acids is 1. The standard InChI is InChI=1S/C14H22N2O2S/c1-4-16(5-2)9-10-19-12-8-6-7-11(13(12)15)14(17)18-3/h6-8H,4-5,9-10,15H2,1-3H3. The van der Waals surface area contributed by atoms with Crippen molar-refractivity contribution in [2.45, 2.75) is 18.7 Å². The van der Waals surface area contributed by atoms with E-state index in [4.69, 9.17) is 10.5 Å². The number of thioether (sulfide) groups is 1. The van der Waals surface area contributed by atoms with E-state index < -0.39 is 0 Å². The fraction of sp³-hybridized carbons (Fsp3) is 0.500. The van der Waals surface area contributed by atoms with Gasteiger partial charge in [0.2, 0.25) is 0 Å². The van der Waals surface area contributed by atoms with Gasteiger partial charge in [0.05, 0.1) is 18.4 Å². The first-order chi connectivity index (χ1) is 9.13. The lowest BCUT2D eigenvalue weighted by atomic mass is 10.2. The van der Waals surface area contributed by atoms with Gasteiger partial charge in [0.25, 0.3) is 0 Å². The molecule has 0 saturated heterocycles. The molecular weight excluding hydrogens is 260 g/mol. The molecule has 5 heteroatoms. The maximum Gasteiger partial charge on any atom is 0.339 e. The quantitative estimate of drug-likeness (QED) is 0.473. The highest BCUT2D eigenvalue weighted by atomic mass is 32.2. The molecule has 0 aliphatic rings. The molecule has 0 spiro atoms. The third-order valence-corrected chi connectivity index (χ3v) is 4.08. The van der Waals surface area contributed by atoms with Crippen molar-refractivity contribution in [3.63, 3.8) is 0 Å². The first kappa shape index (κ1) is 15.9. The van der Waals surface area contributed by atoms with Gasteiger partial charge in [0, 0.05) is 17.2 Å². The van der Waals surface area contributed by atoms with E-state index in [1.165, 1.54) is 7.11 Å². The molecule has 0 atom stereocenters. The molecule has 0 bridgehead atoms. The van der Waals surface area contributed by atoms with Gasteiger partial charge >= 0.3 is 5.97 Å². The van der Waals surface area contributed by atoms with Crippen molar-refractivity contribution in [3.05, 3.63) is 23.8 Å². The Bertz CT molecular complexity index is 420. The van der Waals surface area contributed by atoms with Crippen LogP contribution in [0.25, 0.3) is 0 Å². The molecule has 0 aromatic heterocycles. The Kier molecular flexibility index (Phi) is 6.73. The Labute approximate surface area is 119 Å². The van der Waals surface area contributed by atoms with Gasteiger partial charge in [-0.1, -0.05) is 19.9 Å². The molecule has 0 radical (unpaired) electrons. The number of rotatable bonds is 7. The number of nitrogens with zero attached hydrogens (tertiary/aromatic N) is 1. The van der Waals surface area contributed by atoms with E-state index in [9.17, 15) is 4.79 Å². The van der Waals surface area contributed by atoms with Crippen LogP contribution < -0.4 is 5.73 Å². The van der Waals surface area contributed by atoms with Gasteiger partial charge in [-0.15, -0.1) is 11.8 Å².